The Labute approximate surface area is 188 Å². The summed E-state index contributed by atoms with van der Waals surface area (Å²) < 4.78 is 0. The maximum Gasteiger partial charge on any atom is 0.224 e. The largest absolute Gasteiger partial charge is 0.356 e. The molecule has 2 fully saturated rings. The van der Waals surface area contributed by atoms with Crippen molar-refractivity contribution in [1.29, 1.82) is 0 Å². The summed E-state index contributed by atoms with van der Waals surface area (Å²) >= 11 is 0. The molecule has 4 rings (SSSR count). The van der Waals surface area contributed by atoms with Gasteiger partial charge in [0.1, 0.15) is 5.82 Å². The monoisotopic (exact) mass is 421 g/mol. The minimum absolute atomic E-state index is 0.217. The average molecular weight is 422 g/mol. The molecule has 2 aliphatic heterocycles. The van der Waals surface area contributed by atoms with Crippen molar-refractivity contribution in [2.75, 3.05) is 36.4 Å². The zero-order chi connectivity index (χ0) is 21.7. The second kappa shape index (κ2) is 9.99. The van der Waals surface area contributed by atoms with E-state index < -0.39 is 0 Å². The zero-order valence-electron chi connectivity index (χ0n) is 19.6. The van der Waals surface area contributed by atoms with E-state index in [0.29, 0.717) is 6.04 Å². The van der Waals surface area contributed by atoms with Crippen LogP contribution in [0.5, 0.6) is 0 Å². The van der Waals surface area contributed by atoms with Crippen LogP contribution in [0, 0.1) is 0 Å². The summed E-state index contributed by atoms with van der Waals surface area (Å²) in [6.45, 7) is 12.3. The van der Waals surface area contributed by atoms with Gasteiger partial charge < -0.3 is 10.2 Å². The third-order valence-electron chi connectivity index (χ3n) is 6.72. The van der Waals surface area contributed by atoms with Crippen LogP contribution in [0.4, 0.5) is 11.8 Å². The average Bonchev–Trinajstić information content (AvgIpc) is 3.05. The summed E-state index contributed by atoms with van der Waals surface area (Å²) in [5.74, 6) is 1.87. The van der Waals surface area contributed by atoms with Gasteiger partial charge in [0, 0.05) is 45.0 Å². The summed E-state index contributed by atoms with van der Waals surface area (Å²) in [7, 11) is 0. The van der Waals surface area contributed by atoms with E-state index in [0.717, 1.165) is 57.3 Å². The number of likely N-dealkylation sites (tertiary alicyclic amines) is 1. The first kappa shape index (κ1) is 22.1. The van der Waals surface area contributed by atoms with Gasteiger partial charge in [-0.1, -0.05) is 57.9 Å². The van der Waals surface area contributed by atoms with Gasteiger partial charge >= 0.3 is 0 Å². The molecule has 0 unspecified atom stereocenters. The van der Waals surface area contributed by atoms with E-state index in [1.807, 2.05) is 6.20 Å². The highest BCUT2D eigenvalue weighted by Crippen LogP contribution is 2.24. The van der Waals surface area contributed by atoms with Crippen molar-refractivity contribution in [3.05, 3.63) is 47.7 Å². The Hall–Kier alpha value is -2.14. The predicted molar refractivity (Wildman–Crippen MR) is 130 cm³/mol. The van der Waals surface area contributed by atoms with Gasteiger partial charge in [0.25, 0.3) is 0 Å². The lowest BCUT2D eigenvalue weighted by Crippen LogP contribution is -2.39. The quantitative estimate of drug-likeness (QED) is 0.716. The number of hydrogen-bond acceptors (Lipinski definition) is 5. The maximum atomic E-state index is 4.84. The molecule has 1 N–H and O–H groups in total. The van der Waals surface area contributed by atoms with Gasteiger partial charge in [-0.2, -0.15) is 4.98 Å². The summed E-state index contributed by atoms with van der Waals surface area (Å²) in [5, 5.41) is 3.61. The molecule has 5 heteroatoms. The first-order chi connectivity index (χ1) is 15.0. The molecular formula is C26H39N5. The van der Waals surface area contributed by atoms with E-state index in [9.17, 15) is 0 Å². The van der Waals surface area contributed by atoms with Crippen molar-refractivity contribution in [1.82, 2.24) is 14.9 Å². The normalized spacial score (nSPS) is 19.3. The van der Waals surface area contributed by atoms with E-state index in [-0.39, 0.29) is 5.41 Å². The van der Waals surface area contributed by atoms with Gasteiger partial charge in [0.05, 0.1) is 0 Å². The second-order valence-corrected chi connectivity index (χ2v) is 10.3. The second-order valence-electron chi connectivity index (χ2n) is 10.3. The number of hydrogen-bond donors (Lipinski definition) is 1. The SMILES string of the molecule is CC(C)(C)c1ccc(CN2CCC(Nc3nccc(N4CCCCCC4)n3)CC2)cc1. The molecule has 0 bridgehead atoms. The summed E-state index contributed by atoms with van der Waals surface area (Å²) in [4.78, 5) is 14.3. The molecule has 168 valence electrons. The third kappa shape index (κ3) is 6.19. The molecule has 3 heterocycles. The topological polar surface area (TPSA) is 44.3 Å². The number of piperidine rings is 1. The highest BCUT2D eigenvalue weighted by atomic mass is 15.2. The Morgan fingerprint density at radius 1 is 0.903 bits per heavy atom. The van der Waals surface area contributed by atoms with Gasteiger partial charge in [-0.15, -0.1) is 0 Å². The van der Waals surface area contributed by atoms with Crippen LogP contribution in [0.15, 0.2) is 36.5 Å². The zero-order valence-corrected chi connectivity index (χ0v) is 19.6. The van der Waals surface area contributed by atoms with Crippen LogP contribution in [0.3, 0.4) is 0 Å². The fourth-order valence-electron chi connectivity index (χ4n) is 4.68. The van der Waals surface area contributed by atoms with E-state index in [2.05, 4.69) is 71.2 Å². The van der Waals surface area contributed by atoms with Crippen LogP contribution in [0.2, 0.25) is 0 Å². The molecule has 1 aromatic carbocycles. The van der Waals surface area contributed by atoms with Crippen LogP contribution < -0.4 is 10.2 Å². The lowest BCUT2D eigenvalue weighted by molar-refractivity contribution is 0.211. The number of anilines is 2. The summed E-state index contributed by atoms with van der Waals surface area (Å²) in [5.41, 5.74) is 3.03. The van der Waals surface area contributed by atoms with Crippen LogP contribution in [0.25, 0.3) is 0 Å². The molecule has 0 atom stereocenters. The Bertz CT molecular complexity index is 810. The lowest BCUT2D eigenvalue weighted by atomic mass is 9.86. The number of aromatic nitrogens is 2. The molecule has 0 aliphatic carbocycles. The Morgan fingerprint density at radius 2 is 1.58 bits per heavy atom. The van der Waals surface area contributed by atoms with Crippen molar-refractivity contribution in [2.45, 2.75) is 77.3 Å². The van der Waals surface area contributed by atoms with E-state index in [1.165, 1.54) is 36.8 Å². The van der Waals surface area contributed by atoms with Gasteiger partial charge in [0.15, 0.2) is 0 Å². The third-order valence-corrected chi connectivity index (χ3v) is 6.72. The fourth-order valence-corrected chi connectivity index (χ4v) is 4.68. The van der Waals surface area contributed by atoms with Crippen LogP contribution in [0.1, 0.15) is 70.4 Å². The van der Waals surface area contributed by atoms with Gasteiger partial charge in [0.2, 0.25) is 5.95 Å². The lowest BCUT2D eigenvalue weighted by Gasteiger charge is -2.32. The molecule has 5 nitrogen and oxygen atoms in total. The van der Waals surface area contributed by atoms with Crippen molar-refractivity contribution in [3.63, 3.8) is 0 Å². The molecule has 31 heavy (non-hydrogen) atoms. The molecule has 2 aromatic rings. The maximum absolute atomic E-state index is 4.84. The fraction of sp³-hybridized carbons (Fsp3) is 0.615. The molecule has 0 radical (unpaired) electrons. The highest BCUT2D eigenvalue weighted by molar-refractivity contribution is 5.43. The smallest absolute Gasteiger partial charge is 0.224 e. The van der Waals surface area contributed by atoms with E-state index >= 15 is 0 Å². The summed E-state index contributed by atoms with van der Waals surface area (Å²) in [6.07, 6.45) is 9.40. The Kier molecular flexibility index (Phi) is 7.11. The number of benzene rings is 1. The van der Waals surface area contributed by atoms with E-state index in [1.54, 1.807) is 0 Å². The molecular weight excluding hydrogens is 382 g/mol. The molecule has 2 aliphatic rings. The van der Waals surface area contributed by atoms with Crippen molar-refractivity contribution < 1.29 is 0 Å². The number of nitrogens with one attached hydrogen (secondary N) is 1. The number of nitrogens with zero attached hydrogens (tertiary/aromatic N) is 4. The highest BCUT2D eigenvalue weighted by Gasteiger charge is 2.21. The van der Waals surface area contributed by atoms with Crippen molar-refractivity contribution >= 4 is 11.8 Å². The minimum Gasteiger partial charge on any atom is -0.356 e. The van der Waals surface area contributed by atoms with Crippen LogP contribution >= 0.6 is 0 Å². The van der Waals surface area contributed by atoms with Crippen molar-refractivity contribution in [3.8, 4) is 0 Å². The Balaban J connectivity index is 1.27. The first-order valence-electron chi connectivity index (χ1n) is 12.1. The Morgan fingerprint density at radius 3 is 2.23 bits per heavy atom. The predicted octanol–water partition coefficient (Wildman–Crippen LogP) is 5.23. The van der Waals surface area contributed by atoms with Gasteiger partial charge in [-0.25, -0.2) is 4.98 Å². The molecule has 1 aromatic heterocycles. The molecule has 0 saturated carbocycles. The van der Waals surface area contributed by atoms with Crippen LogP contribution in [-0.2, 0) is 12.0 Å². The number of rotatable bonds is 5. The standard InChI is InChI=1S/C26H39N5/c1-26(2,3)22-10-8-21(9-11-22)20-30-18-13-23(14-19-30)28-25-27-15-12-24(29-25)31-16-6-4-5-7-17-31/h8-12,15,23H,4-7,13-14,16-20H2,1-3H3,(H,27,28,29). The molecule has 2 saturated heterocycles. The van der Waals surface area contributed by atoms with Crippen LogP contribution in [-0.4, -0.2) is 47.1 Å². The van der Waals surface area contributed by atoms with Gasteiger partial charge in [-0.05, 0) is 48.3 Å². The van der Waals surface area contributed by atoms with Gasteiger partial charge in [-0.3, -0.25) is 4.90 Å². The van der Waals surface area contributed by atoms with E-state index in [4.69, 9.17) is 4.98 Å². The summed E-state index contributed by atoms with van der Waals surface area (Å²) in [6, 6.07) is 11.7. The van der Waals surface area contributed by atoms with Crippen molar-refractivity contribution in [2.24, 2.45) is 0 Å². The molecule has 0 spiro atoms. The first-order valence-corrected chi connectivity index (χ1v) is 12.1. The minimum atomic E-state index is 0.217. The molecule has 0 amide bonds.